The Bertz CT molecular complexity index is 934. The summed E-state index contributed by atoms with van der Waals surface area (Å²) in [6, 6.07) is 18.5. The maximum absolute atomic E-state index is 12.3. The summed E-state index contributed by atoms with van der Waals surface area (Å²) in [4.78, 5) is 12.3. The Morgan fingerprint density at radius 3 is 2.44 bits per heavy atom. The minimum absolute atomic E-state index is 0.171. The fraction of sp³-hybridized carbons (Fsp3) is 0.150. The lowest BCUT2D eigenvalue weighted by molar-refractivity contribution is 0.0951. The van der Waals surface area contributed by atoms with Crippen molar-refractivity contribution >= 4 is 5.91 Å². The van der Waals surface area contributed by atoms with Crippen molar-refractivity contribution in [3.8, 4) is 11.8 Å². The molecule has 5 nitrogen and oxygen atoms in total. The van der Waals surface area contributed by atoms with E-state index < -0.39 is 0 Å². The number of hydrogen-bond acceptors (Lipinski definition) is 3. The minimum Gasteiger partial charge on any atom is -0.348 e. The SMILES string of the molecule is Cc1nn(-c2ccccc2)c(C)c1CNC(=O)c1ccc(C#N)cc1. The minimum atomic E-state index is -0.171. The largest absolute Gasteiger partial charge is 0.348 e. The van der Waals surface area contributed by atoms with Crippen LogP contribution in [0.15, 0.2) is 54.6 Å². The van der Waals surface area contributed by atoms with Crippen LogP contribution in [0.1, 0.15) is 32.9 Å². The molecule has 0 aliphatic rings. The fourth-order valence-electron chi connectivity index (χ4n) is 2.72. The van der Waals surface area contributed by atoms with E-state index in [-0.39, 0.29) is 5.91 Å². The molecule has 1 N–H and O–H groups in total. The van der Waals surface area contributed by atoms with Crippen LogP contribution in [0.2, 0.25) is 0 Å². The summed E-state index contributed by atoms with van der Waals surface area (Å²) in [7, 11) is 0. The van der Waals surface area contributed by atoms with Crippen LogP contribution in [0.5, 0.6) is 0 Å². The molecule has 3 rings (SSSR count). The van der Waals surface area contributed by atoms with Crippen molar-refractivity contribution in [3.63, 3.8) is 0 Å². The average molecular weight is 330 g/mol. The van der Waals surface area contributed by atoms with Crippen LogP contribution in [-0.2, 0) is 6.54 Å². The van der Waals surface area contributed by atoms with E-state index in [4.69, 9.17) is 5.26 Å². The van der Waals surface area contributed by atoms with Crippen LogP contribution in [0.4, 0.5) is 0 Å². The van der Waals surface area contributed by atoms with Gasteiger partial charge in [-0.3, -0.25) is 4.79 Å². The number of benzene rings is 2. The zero-order valence-corrected chi connectivity index (χ0v) is 14.2. The highest BCUT2D eigenvalue weighted by Gasteiger charge is 2.14. The van der Waals surface area contributed by atoms with Gasteiger partial charge in [0.25, 0.3) is 5.91 Å². The first-order valence-electron chi connectivity index (χ1n) is 7.99. The van der Waals surface area contributed by atoms with E-state index in [1.54, 1.807) is 24.3 Å². The average Bonchev–Trinajstić information content (AvgIpc) is 2.94. The molecule has 124 valence electrons. The second-order valence-corrected chi connectivity index (χ2v) is 5.77. The summed E-state index contributed by atoms with van der Waals surface area (Å²) in [5, 5.41) is 16.3. The quantitative estimate of drug-likeness (QED) is 0.798. The predicted octanol–water partition coefficient (Wildman–Crippen LogP) is 3.29. The van der Waals surface area contributed by atoms with Crippen LogP contribution in [0.25, 0.3) is 5.69 Å². The highest BCUT2D eigenvalue weighted by molar-refractivity contribution is 5.94. The molecule has 0 saturated heterocycles. The summed E-state index contributed by atoms with van der Waals surface area (Å²) in [6.45, 7) is 4.34. The van der Waals surface area contributed by atoms with E-state index in [0.29, 0.717) is 17.7 Å². The van der Waals surface area contributed by atoms with Crippen LogP contribution >= 0.6 is 0 Å². The maximum Gasteiger partial charge on any atom is 0.251 e. The number of aromatic nitrogens is 2. The van der Waals surface area contributed by atoms with Crippen LogP contribution in [0.3, 0.4) is 0 Å². The highest BCUT2D eigenvalue weighted by Crippen LogP contribution is 2.17. The third kappa shape index (κ3) is 3.43. The summed E-state index contributed by atoms with van der Waals surface area (Å²) >= 11 is 0. The van der Waals surface area contributed by atoms with Gasteiger partial charge < -0.3 is 5.32 Å². The number of rotatable bonds is 4. The van der Waals surface area contributed by atoms with Gasteiger partial charge >= 0.3 is 0 Å². The number of nitrogens with zero attached hydrogens (tertiary/aromatic N) is 3. The van der Waals surface area contributed by atoms with Crippen molar-refractivity contribution < 1.29 is 4.79 Å². The van der Waals surface area contributed by atoms with E-state index in [2.05, 4.69) is 10.4 Å². The number of amides is 1. The van der Waals surface area contributed by atoms with Gasteiger partial charge in [-0.25, -0.2) is 4.68 Å². The third-order valence-corrected chi connectivity index (χ3v) is 4.14. The van der Waals surface area contributed by atoms with E-state index in [0.717, 1.165) is 22.6 Å². The van der Waals surface area contributed by atoms with Gasteiger partial charge in [-0.15, -0.1) is 0 Å². The highest BCUT2D eigenvalue weighted by atomic mass is 16.1. The van der Waals surface area contributed by atoms with E-state index >= 15 is 0 Å². The Morgan fingerprint density at radius 1 is 1.12 bits per heavy atom. The van der Waals surface area contributed by atoms with Crippen LogP contribution in [0, 0.1) is 25.2 Å². The Morgan fingerprint density at radius 2 is 1.80 bits per heavy atom. The summed E-state index contributed by atoms with van der Waals surface area (Å²) in [5.41, 5.74) is 4.96. The van der Waals surface area contributed by atoms with Crippen molar-refractivity contribution in [2.45, 2.75) is 20.4 Å². The molecule has 1 aromatic heterocycles. The molecule has 5 heteroatoms. The topological polar surface area (TPSA) is 70.7 Å². The fourth-order valence-corrected chi connectivity index (χ4v) is 2.72. The normalized spacial score (nSPS) is 10.3. The van der Waals surface area contributed by atoms with Crippen molar-refractivity contribution in [1.82, 2.24) is 15.1 Å². The van der Waals surface area contributed by atoms with Gasteiger partial charge in [0, 0.05) is 23.4 Å². The lowest BCUT2D eigenvalue weighted by atomic mass is 10.1. The zero-order valence-electron chi connectivity index (χ0n) is 14.2. The molecule has 1 amide bonds. The molecule has 1 heterocycles. The van der Waals surface area contributed by atoms with E-state index in [1.807, 2.05) is 54.9 Å². The standard InChI is InChI=1S/C20H18N4O/c1-14-19(15(2)24(23-14)18-6-4-3-5-7-18)13-22-20(25)17-10-8-16(12-21)9-11-17/h3-11H,13H2,1-2H3,(H,22,25). The maximum atomic E-state index is 12.3. The molecule has 0 saturated carbocycles. The summed E-state index contributed by atoms with van der Waals surface area (Å²) < 4.78 is 1.89. The van der Waals surface area contributed by atoms with Gasteiger partial charge in [0.15, 0.2) is 0 Å². The van der Waals surface area contributed by atoms with Gasteiger partial charge in [-0.05, 0) is 50.2 Å². The number of nitrogens with one attached hydrogen (secondary N) is 1. The molecule has 0 bridgehead atoms. The first kappa shape index (κ1) is 16.5. The molecule has 0 unspecified atom stereocenters. The number of nitriles is 1. The van der Waals surface area contributed by atoms with Gasteiger partial charge in [-0.2, -0.15) is 10.4 Å². The third-order valence-electron chi connectivity index (χ3n) is 4.14. The molecule has 25 heavy (non-hydrogen) atoms. The number of hydrogen-bond donors (Lipinski definition) is 1. The van der Waals surface area contributed by atoms with Gasteiger partial charge in [0.2, 0.25) is 0 Å². The van der Waals surface area contributed by atoms with Crippen molar-refractivity contribution in [3.05, 3.63) is 82.7 Å². The van der Waals surface area contributed by atoms with Crippen LogP contribution < -0.4 is 5.32 Å². The first-order chi connectivity index (χ1) is 12.1. The Balaban J connectivity index is 1.76. The predicted molar refractivity (Wildman–Crippen MR) is 95.4 cm³/mol. The Labute approximate surface area is 146 Å². The molecular weight excluding hydrogens is 312 g/mol. The number of para-hydroxylation sites is 1. The monoisotopic (exact) mass is 330 g/mol. The molecule has 3 aromatic rings. The van der Waals surface area contributed by atoms with Crippen molar-refractivity contribution in [2.24, 2.45) is 0 Å². The lowest BCUT2D eigenvalue weighted by Gasteiger charge is -2.07. The molecule has 0 spiro atoms. The van der Waals surface area contributed by atoms with Crippen molar-refractivity contribution in [1.29, 1.82) is 5.26 Å². The molecule has 0 aliphatic heterocycles. The number of carbonyl (C=O) groups is 1. The van der Waals surface area contributed by atoms with Crippen LogP contribution in [-0.4, -0.2) is 15.7 Å². The molecule has 0 aliphatic carbocycles. The molecule has 0 radical (unpaired) electrons. The lowest BCUT2D eigenvalue weighted by Crippen LogP contribution is -2.23. The molecule has 0 atom stereocenters. The Kier molecular flexibility index (Phi) is 4.62. The van der Waals surface area contributed by atoms with Gasteiger partial charge in [0.1, 0.15) is 0 Å². The van der Waals surface area contributed by atoms with Gasteiger partial charge in [0.05, 0.1) is 23.0 Å². The van der Waals surface area contributed by atoms with E-state index in [9.17, 15) is 4.79 Å². The first-order valence-corrected chi connectivity index (χ1v) is 7.99. The van der Waals surface area contributed by atoms with Gasteiger partial charge in [-0.1, -0.05) is 18.2 Å². The van der Waals surface area contributed by atoms with E-state index in [1.165, 1.54) is 0 Å². The summed E-state index contributed by atoms with van der Waals surface area (Å²) in [6.07, 6.45) is 0. The molecular formula is C20H18N4O. The smallest absolute Gasteiger partial charge is 0.251 e. The Hall–Kier alpha value is -3.39. The van der Waals surface area contributed by atoms with Crippen molar-refractivity contribution in [2.75, 3.05) is 0 Å². The second kappa shape index (κ2) is 7.02. The number of aryl methyl sites for hydroxylation is 1. The summed E-state index contributed by atoms with van der Waals surface area (Å²) in [5.74, 6) is -0.171. The zero-order chi connectivity index (χ0) is 17.8. The second-order valence-electron chi connectivity index (χ2n) is 5.77. The molecule has 0 fully saturated rings. The molecule has 2 aromatic carbocycles. The number of carbonyl (C=O) groups excluding carboxylic acids is 1.